The Kier molecular flexibility index (Phi) is 4.88. The summed E-state index contributed by atoms with van der Waals surface area (Å²) in [6.45, 7) is 8.32. The minimum absolute atomic E-state index is 0.0654. The molecule has 0 bridgehead atoms. The number of hydrogen-bond donors (Lipinski definition) is 1. The number of amides is 1. The number of carbonyl (C=O) groups excluding carboxylic acids is 1. The molecule has 1 atom stereocenters. The Morgan fingerprint density at radius 2 is 1.95 bits per heavy atom. The zero-order valence-electron chi connectivity index (χ0n) is 13.3. The maximum absolute atomic E-state index is 12.5. The maximum atomic E-state index is 12.5. The van der Waals surface area contributed by atoms with Crippen molar-refractivity contribution in [1.82, 2.24) is 0 Å². The molecule has 1 N–H and O–H groups in total. The molecular formula is C17H25NO3. The summed E-state index contributed by atoms with van der Waals surface area (Å²) in [7, 11) is 0. The SMILES string of the molecule is CCO[C@@](C)(C(=O)Nc1ccc(OC(C)C)cc1)C1CC1. The molecule has 116 valence electrons. The van der Waals surface area contributed by atoms with Gasteiger partial charge in [0.25, 0.3) is 5.91 Å². The minimum Gasteiger partial charge on any atom is -0.491 e. The Bertz CT molecular complexity index is 479. The van der Waals surface area contributed by atoms with E-state index in [0.717, 1.165) is 24.3 Å². The van der Waals surface area contributed by atoms with Crippen molar-refractivity contribution in [3.8, 4) is 5.75 Å². The zero-order valence-corrected chi connectivity index (χ0v) is 13.3. The third kappa shape index (κ3) is 3.97. The van der Waals surface area contributed by atoms with Crippen LogP contribution in [0.15, 0.2) is 24.3 Å². The van der Waals surface area contributed by atoms with Crippen LogP contribution in [0.5, 0.6) is 5.75 Å². The highest BCUT2D eigenvalue weighted by molar-refractivity contribution is 5.97. The minimum atomic E-state index is -0.720. The number of carbonyl (C=O) groups is 1. The molecule has 21 heavy (non-hydrogen) atoms. The van der Waals surface area contributed by atoms with Gasteiger partial charge < -0.3 is 14.8 Å². The van der Waals surface area contributed by atoms with E-state index in [1.165, 1.54) is 0 Å². The van der Waals surface area contributed by atoms with Gasteiger partial charge in [-0.1, -0.05) is 0 Å². The first-order valence-corrected chi connectivity index (χ1v) is 7.68. The first-order chi connectivity index (χ1) is 9.95. The normalized spacial score (nSPS) is 17.4. The van der Waals surface area contributed by atoms with Gasteiger partial charge in [0.2, 0.25) is 0 Å². The molecule has 0 saturated heterocycles. The summed E-state index contributed by atoms with van der Waals surface area (Å²) < 4.78 is 11.3. The monoisotopic (exact) mass is 291 g/mol. The lowest BCUT2D eigenvalue weighted by molar-refractivity contribution is -0.141. The second-order valence-corrected chi connectivity index (χ2v) is 5.96. The van der Waals surface area contributed by atoms with E-state index in [1.807, 2.05) is 52.0 Å². The van der Waals surface area contributed by atoms with Gasteiger partial charge in [0.15, 0.2) is 0 Å². The third-order valence-corrected chi connectivity index (χ3v) is 3.74. The lowest BCUT2D eigenvalue weighted by Crippen LogP contribution is -2.44. The Hall–Kier alpha value is -1.55. The van der Waals surface area contributed by atoms with Crippen molar-refractivity contribution in [2.24, 2.45) is 5.92 Å². The van der Waals surface area contributed by atoms with Crippen LogP contribution in [0.25, 0.3) is 0 Å². The number of benzene rings is 1. The second kappa shape index (κ2) is 6.48. The fourth-order valence-corrected chi connectivity index (χ4v) is 2.45. The van der Waals surface area contributed by atoms with Crippen molar-refractivity contribution in [3.05, 3.63) is 24.3 Å². The van der Waals surface area contributed by atoms with Crippen LogP contribution in [-0.4, -0.2) is 24.2 Å². The molecule has 1 saturated carbocycles. The Balaban J connectivity index is 2.01. The summed E-state index contributed by atoms with van der Waals surface area (Å²) in [5.74, 6) is 1.07. The van der Waals surface area contributed by atoms with Crippen molar-refractivity contribution < 1.29 is 14.3 Å². The molecule has 0 radical (unpaired) electrons. The largest absolute Gasteiger partial charge is 0.491 e. The quantitative estimate of drug-likeness (QED) is 0.834. The van der Waals surface area contributed by atoms with Crippen molar-refractivity contribution in [3.63, 3.8) is 0 Å². The van der Waals surface area contributed by atoms with Crippen LogP contribution in [0.4, 0.5) is 5.69 Å². The predicted octanol–water partition coefficient (Wildman–Crippen LogP) is 3.62. The van der Waals surface area contributed by atoms with E-state index in [9.17, 15) is 4.79 Å². The smallest absolute Gasteiger partial charge is 0.256 e. The van der Waals surface area contributed by atoms with Crippen LogP contribution in [-0.2, 0) is 9.53 Å². The molecule has 1 aromatic rings. The fourth-order valence-electron chi connectivity index (χ4n) is 2.45. The summed E-state index contributed by atoms with van der Waals surface area (Å²) in [6.07, 6.45) is 2.26. The highest BCUT2D eigenvalue weighted by Crippen LogP contribution is 2.42. The average molecular weight is 291 g/mol. The van der Waals surface area contributed by atoms with Gasteiger partial charge in [-0.15, -0.1) is 0 Å². The van der Waals surface area contributed by atoms with Crippen LogP contribution in [0.1, 0.15) is 40.5 Å². The molecular weight excluding hydrogens is 266 g/mol. The van der Waals surface area contributed by atoms with Gasteiger partial charge in [-0.25, -0.2) is 0 Å². The number of anilines is 1. The van der Waals surface area contributed by atoms with Gasteiger partial charge in [-0.05, 0) is 70.7 Å². The molecule has 1 aromatic carbocycles. The Labute approximate surface area is 126 Å². The Morgan fingerprint density at radius 1 is 1.33 bits per heavy atom. The van der Waals surface area contributed by atoms with E-state index in [4.69, 9.17) is 9.47 Å². The summed E-state index contributed by atoms with van der Waals surface area (Å²) in [6, 6.07) is 7.44. The highest BCUT2D eigenvalue weighted by Gasteiger charge is 2.48. The van der Waals surface area contributed by atoms with Gasteiger partial charge in [0.05, 0.1) is 6.10 Å². The first kappa shape index (κ1) is 15.8. The first-order valence-electron chi connectivity index (χ1n) is 7.68. The van der Waals surface area contributed by atoms with Crippen molar-refractivity contribution in [2.45, 2.75) is 52.2 Å². The van der Waals surface area contributed by atoms with E-state index in [2.05, 4.69) is 5.32 Å². The van der Waals surface area contributed by atoms with E-state index in [1.54, 1.807) is 0 Å². The van der Waals surface area contributed by atoms with Crippen LogP contribution in [0, 0.1) is 5.92 Å². The maximum Gasteiger partial charge on any atom is 0.256 e. The van der Waals surface area contributed by atoms with Crippen LogP contribution in [0.3, 0.4) is 0 Å². The van der Waals surface area contributed by atoms with Gasteiger partial charge in [-0.3, -0.25) is 4.79 Å². The molecule has 4 heteroatoms. The second-order valence-electron chi connectivity index (χ2n) is 5.96. The van der Waals surface area contributed by atoms with Crippen molar-refractivity contribution in [2.75, 3.05) is 11.9 Å². The number of ether oxygens (including phenoxy) is 2. The van der Waals surface area contributed by atoms with E-state index >= 15 is 0 Å². The third-order valence-electron chi connectivity index (χ3n) is 3.74. The van der Waals surface area contributed by atoms with E-state index in [0.29, 0.717) is 12.5 Å². The predicted molar refractivity (Wildman–Crippen MR) is 83.6 cm³/mol. The van der Waals surface area contributed by atoms with Gasteiger partial charge in [0, 0.05) is 12.3 Å². The van der Waals surface area contributed by atoms with Gasteiger partial charge in [0.1, 0.15) is 11.4 Å². The fraction of sp³-hybridized carbons (Fsp3) is 0.588. The summed E-state index contributed by atoms with van der Waals surface area (Å²) in [5, 5.41) is 2.95. The summed E-state index contributed by atoms with van der Waals surface area (Å²) in [4.78, 5) is 12.5. The summed E-state index contributed by atoms with van der Waals surface area (Å²) in [5.41, 5.74) is 0.0460. The number of nitrogens with one attached hydrogen (secondary N) is 1. The molecule has 2 rings (SSSR count). The lowest BCUT2D eigenvalue weighted by atomic mass is 9.99. The standard InChI is InChI=1S/C17H25NO3/c1-5-20-17(4,13-6-7-13)16(19)18-14-8-10-15(11-9-14)21-12(2)3/h8-13H,5-7H2,1-4H3,(H,18,19)/t17-/m1/s1. The van der Waals surface area contributed by atoms with E-state index in [-0.39, 0.29) is 12.0 Å². The number of rotatable bonds is 7. The van der Waals surface area contributed by atoms with Crippen LogP contribution >= 0.6 is 0 Å². The molecule has 4 nitrogen and oxygen atoms in total. The molecule has 1 fully saturated rings. The van der Waals surface area contributed by atoms with Crippen molar-refractivity contribution >= 4 is 11.6 Å². The van der Waals surface area contributed by atoms with Gasteiger partial charge >= 0.3 is 0 Å². The number of hydrogen-bond acceptors (Lipinski definition) is 3. The average Bonchev–Trinajstić information content (AvgIpc) is 3.25. The van der Waals surface area contributed by atoms with Crippen molar-refractivity contribution in [1.29, 1.82) is 0 Å². The molecule has 0 aromatic heterocycles. The lowest BCUT2D eigenvalue weighted by Gasteiger charge is -2.28. The molecule has 0 unspecified atom stereocenters. The summed E-state index contributed by atoms with van der Waals surface area (Å²) >= 11 is 0. The molecule has 0 spiro atoms. The molecule has 1 aliphatic rings. The molecule has 1 aliphatic carbocycles. The molecule has 0 aliphatic heterocycles. The van der Waals surface area contributed by atoms with Crippen LogP contribution < -0.4 is 10.1 Å². The van der Waals surface area contributed by atoms with Gasteiger partial charge in [-0.2, -0.15) is 0 Å². The Morgan fingerprint density at radius 3 is 2.43 bits per heavy atom. The van der Waals surface area contributed by atoms with E-state index < -0.39 is 5.60 Å². The molecule has 0 heterocycles. The zero-order chi connectivity index (χ0) is 15.5. The highest BCUT2D eigenvalue weighted by atomic mass is 16.5. The molecule has 1 amide bonds. The topological polar surface area (TPSA) is 47.6 Å². The van der Waals surface area contributed by atoms with Crippen LogP contribution in [0.2, 0.25) is 0 Å².